The molecule has 0 unspecified atom stereocenters. The normalized spacial score (nSPS) is 11.9. The third kappa shape index (κ3) is 2.79. The fourth-order valence-corrected chi connectivity index (χ4v) is 2.22. The Balaban J connectivity index is 3.12. The molecule has 5 nitrogen and oxygen atoms in total. The van der Waals surface area contributed by atoms with Gasteiger partial charge in [-0.3, -0.25) is 0 Å². The van der Waals surface area contributed by atoms with E-state index in [1.807, 2.05) is 6.92 Å². The Labute approximate surface area is 89.7 Å². The molecule has 0 aliphatic carbocycles. The van der Waals surface area contributed by atoms with E-state index in [4.69, 9.17) is 5.11 Å². The zero-order valence-corrected chi connectivity index (χ0v) is 9.79. The molecule has 1 aromatic rings. The van der Waals surface area contributed by atoms with Crippen LogP contribution in [0.2, 0.25) is 0 Å². The molecule has 0 saturated heterocycles. The van der Waals surface area contributed by atoms with Gasteiger partial charge in [0, 0.05) is 12.8 Å². The standard InChI is InChI=1S/C9H16N2O3S/c1-3-4-5-11-8(7-12)6-10-9(11)15(2,13)14/h6,12H,3-5,7H2,1-2H3. The maximum atomic E-state index is 11.4. The first-order valence-corrected chi connectivity index (χ1v) is 6.75. The predicted molar refractivity (Wildman–Crippen MR) is 56.2 cm³/mol. The summed E-state index contributed by atoms with van der Waals surface area (Å²) in [7, 11) is -3.31. The van der Waals surface area contributed by atoms with Gasteiger partial charge >= 0.3 is 0 Å². The molecule has 0 aliphatic rings. The minimum absolute atomic E-state index is 0.0417. The molecule has 0 aliphatic heterocycles. The van der Waals surface area contributed by atoms with Crippen LogP contribution in [0.3, 0.4) is 0 Å². The van der Waals surface area contributed by atoms with E-state index in [0.29, 0.717) is 12.2 Å². The summed E-state index contributed by atoms with van der Waals surface area (Å²) < 4.78 is 24.3. The van der Waals surface area contributed by atoms with Gasteiger partial charge in [-0.15, -0.1) is 0 Å². The second kappa shape index (κ2) is 4.76. The van der Waals surface area contributed by atoms with Crippen LogP contribution >= 0.6 is 0 Å². The van der Waals surface area contributed by atoms with Gasteiger partial charge in [0.1, 0.15) is 0 Å². The quantitative estimate of drug-likeness (QED) is 0.806. The molecule has 0 radical (unpaired) electrons. The van der Waals surface area contributed by atoms with Crippen molar-refractivity contribution in [1.82, 2.24) is 9.55 Å². The van der Waals surface area contributed by atoms with E-state index in [1.165, 1.54) is 6.20 Å². The van der Waals surface area contributed by atoms with Crippen LogP contribution in [0.4, 0.5) is 0 Å². The average Bonchev–Trinajstić information content (AvgIpc) is 2.56. The maximum Gasteiger partial charge on any atom is 0.227 e. The van der Waals surface area contributed by atoms with Crippen LogP contribution in [-0.2, 0) is 23.0 Å². The maximum absolute atomic E-state index is 11.4. The summed E-state index contributed by atoms with van der Waals surface area (Å²) in [5, 5.41) is 9.08. The fourth-order valence-electron chi connectivity index (χ4n) is 1.37. The van der Waals surface area contributed by atoms with Gasteiger partial charge in [-0.1, -0.05) is 13.3 Å². The zero-order valence-electron chi connectivity index (χ0n) is 8.97. The Kier molecular flexibility index (Phi) is 3.87. The van der Waals surface area contributed by atoms with Crippen LogP contribution in [0, 0.1) is 0 Å². The first-order chi connectivity index (χ1) is 7.00. The van der Waals surface area contributed by atoms with Crippen molar-refractivity contribution >= 4 is 9.84 Å². The average molecular weight is 232 g/mol. The molecular formula is C9H16N2O3S. The van der Waals surface area contributed by atoms with Gasteiger partial charge in [-0.05, 0) is 6.42 Å². The third-order valence-corrected chi connectivity index (χ3v) is 3.12. The van der Waals surface area contributed by atoms with Crippen molar-refractivity contribution in [3.8, 4) is 0 Å². The lowest BCUT2D eigenvalue weighted by atomic mass is 10.3. The third-order valence-electron chi connectivity index (χ3n) is 2.13. The van der Waals surface area contributed by atoms with Crippen molar-refractivity contribution in [2.75, 3.05) is 6.26 Å². The summed E-state index contributed by atoms with van der Waals surface area (Å²) in [6, 6.07) is 0. The second-order valence-electron chi connectivity index (χ2n) is 3.47. The number of hydrogen-bond donors (Lipinski definition) is 1. The Morgan fingerprint density at radius 2 is 2.20 bits per heavy atom. The van der Waals surface area contributed by atoms with Crippen molar-refractivity contribution in [1.29, 1.82) is 0 Å². The second-order valence-corrected chi connectivity index (χ2v) is 5.38. The molecule has 0 fully saturated rings. The van der Waals surface area contributed by atoms with E-state index in [-0.39, 0.29) is 11.8 Å². The lowest BCUT2D eigenvalue weighted by Gasteiger charge is -2.08. The highest BCUT2D eigenvalue weighted by Gasteiger charge is 2.17. The molecule has 1 aromatic heterocycles. The van der Waals surface area contributed by atoms with Gasteiger partial charge < -0.3 is 9.67 Å². The van der Waals surface area contributed by atoms with Crippen LogP contribution in [0.15, 0.2) is 11.4 Å². The highest BCUT2D eigenvalue weighted by Crippen LogP contribution is 2.12. The molecule has 0 bridgehead atoms. The number of unbranched alkanes of at least 4 members (excludes halogenated alkanes) is 1. The summed E-state index contributed by atoms with van der Waals surface area (Å²) in [4.78, 5) is 3.83. The molecule has 1 rings (SSSR count). The fraction of sp³-hybridized carbons (Fsp3) is 0.667. The number of aliphatic hydroxyl groups is 1. The molecule has 0 saturated carbocycles. The number of aliphatic hydroxyl groups excluding tert-OH is 1. The Morgan fingerprint density at radius 3 is 2.67 bits per heavy atom. The summed E-state index contributed by atoms with van der Waals surface area (Å²) in [5.74, 6) is 0. The molecule has 0 atom stereocenters. The van der Waals surface area contributed by atoms with Crippen molar-refractivity contribution in [2.45, 2.75) is 38.1 Å². The highest BCUT2D eigenvalue weighted by molar-refractivity contribution is 7.90. The summed E-state index contributed by atoms with van der Waals surface area (Å²) >= 11 is 0. The van der Waals surface area contributed by atoms with Crippen LogP contribution in [0.5, 0.6) is 0 Å². The topological polar surface area (TPSA) is 72.2 Å². The van der Waals surface area contributed by atoms with Gasteiger partial charge in [-0.2, -0.15) is 0 Å². The predicted octanol–water partition coefficient (Wildman–Crippen LogP) is 0.579. The number of nitrogens with zero attached hydrogens (tertiary/aromatic N) is 2. The van der Waals surface area contributed by atoms with Crippen molar-refractivity contribution < 1.29 is 13.5 Å². The molecule has 0 amide bonds. The molecule has 0 spiro atoms. The Bertz CT molecular complexity index is 423. The van der Waals surface area contributed by atoms with E-state index >= 15 is 0 Å². The molecule has 15 heavy (non-hydrogen) atoms. The van der Waals surface area contributed by atoms with Crippen LogP contribution < -0.4 is 0 Å². The van der Waals surface area contributed by atoms with Gasteiger partial charge in [0.2, 0.25) is 15.0 Å². The van der Waals surface area contributed by atoms with Crippen molar-refractivity contribution in [3.63, 3.8) is 0 Å². The minimum atomic E-state index is -3.31. The van der Waals surface area contributed by atoms with E-state index in [9.17, 15) is 8.42 Å². The smallest absolute Gasteiger partial charge is 0.227 e. The van der Waals surface area contributed by atoms with Crippen molar-refractivity contribution in [3.05, 3.63) is 11.9 Å². The molecule has 86 valence electrons. The summed E-state index contributed by atoms with van der Waals surface area (Å²) in [6.45, 7) is 2.41. The van der Waals surface area contributed by atoms with Crippen molar-refractivity contribution in [2.24, 2.45) is 0 Å². The monoisotopic (exact) mass is 232 g/mol. The van der Waals surface area contributed by atoms with Crippen LogP contribution in [0.1, 0.15) is 25.5 Å². The number of sulfone groups is 1. The largest absolute Gasteiger partial charge is 0.390 e. The van der Waals surface area contributed by atoms with Crippen LogP contribution in [-0.4, -0.2) is 29.3 Å². The number of aromatic nitrogens is 2. The van der Waals surface area contributed by atoms with Gasteiger partial charge in [-0.25, -0.2) is 13.4 Å². The molecular weight excluding hydrogens is 216 g/mol. The minimum Gasteiger partial charge on any atom is -0.390 e. The van der Waals surface area contributed by atoms with E-state index in [0.717, 1.165) is 19.1 Å². The summed E-state index contributed by atoms with van der Waals surface area (Å²) in [6.07, 6.45) is 4.36. The van der Waals surface area contributed by atoms with E-state index in [1.54, 1.807) is 4.57 Å². The lowest BCUT2D eigenvalue weighted by molar-refractivity contribution is 0.268. The SMILES string of the molecule is CCCCn1c(CO)cnc1S(C)(=O)=O. The van der Waals surface area contributed by atoms with Gasteiger partial charge in [0.25, 0.3) is 0 Å². The number of imidazole rings is 1. The van der Waals surface area contributed by atoms with E-state index in [2.05, 4.69) is 4.98 Å². The molecule has 1 heterocycles. The highest BCUT2D eigenvalue weighted by atomic mass is 32.2. The first kappa shape index (κ1) is 12.2. The Hall–Kier alpha value is -0.880. The number of hydrogen-bond acceptors (Lipinski definition) is 4. The molecule has 1 N–H and O–H groups in total. The molecule has 0 aromatic carbocycles. The van der Waals surface area contributed by atoms with Gasteiger partial charge in [0.15, 0.2) is 0 Å². The van der Waals surface area contributed by atoms with E-state index < -0.39 is 9.84 Å². The van der Waals surface area contributed by atoms with Gasteiger partial charge in [0.05, 0.1) is 18.5 Å². The summed E-state index contributed by atoms with van der Waals surface area (Å²) in [5.41, 5.74) is 0.545. The zero-order chi connectivity index (χ0) is 11.5. The first-order valence-electron chi connectivity index (χ1n) is 4.86. The lowest BCUT2D eigenvalue weighted by Crippen LogP contribution is -2.12. The van der Waals surface area contributed by atoms with Crippen LogP contribution in [0.25, 0.3) is 0 Å². The number of rotatable bonds is 5. The Morgan fingerprint density at radius 1 is 1.53 bits per heavy atom. The molecule has 6 heteroatoms.